The van der Waals surface area contributed by atoms with Crippen LogP contribution in [-0.2, 0) is 0 Å². The molecule has 22 heavy (non-hydrogen) atoms. The van der Waals surface area contributed by atoms with E-state index < -0.39 is 0 Å². The molecule has 2 N–H and O–H groups in total. The number of phenols is 1. The summed E-state index contributed by atoms with van der Waals surface area (Å²) >= 11 is 1.71. The van der Waals surface area contributed by atoms with Crippen molar-refractivity contribution in [2.45, 2.75) is 0 Å². The zero-order chi connectivity index (χ0) is 14.9. The first-order valence-corrected chi connectivity index (χ1v) is 7.76. The van der Waals surface area contributed by atoms with Crippen LogP contribution in [0.4, 0.5) is 17.2 Å². The number of anilines is 3. The Kier molecular flexibility index (Phi) is 3.05. The maximum atomic E-state index is 9.53. The van der Waals surface area contributed by atoms with Crippen molar-refractivity contribution in [1.29, 1.82) is 0 Å². The van der Waals surface area contributed by atoms with Gasteiger partial charge in [-0.2, -0.15) is 5.10 Å². The molecular formula is C17H13N3OS. The number of thiophene rings is 1. The Morgan fingerprint density at radius 1 is 1.00 bits per heavy atom. The lowest BCUT2D eigenvalue weighted by Crippen LogP contribution is -2.09. The van der Waals surface area contributed by atoms with Gasteiger partial charge in [0.05, 0.1) is 11.9 Å². The van der Waals surface area contributed by atoms with Crippen LogP contribution >= 0.6 is 11.3 Å². The fraction of sp³-hybridized carbons (Fsp3) is 0. The predicted molar refractivity (Wildman–Crippen MR) is 90.3 cm³/mol. The Balaban J connectivity index is 1.93. The Bertz CT molecular complexity index is 897. The van der Waals surface area contributed by atoms with E-state index in [-0.39, 0.29) is 5.75 Å². The highest BCUT2D eigenvalue weighted by atomic mass is 32.1. The van der Waals surface area contributed by atoms with E-state index >= 15 is 0 Å². The molecule has 0 saturated carbocycles. The highest BCUT2D eigenvalue weighted by molar-refractivity contribution is 7.17. The SMILES string of the molecule is Oc1ccc(N(c2ccn[nH]2)c2csc3ccccc23)cc1. The zero-order valence-electron chi connectivity index (χ0n) is 11.6. The number of hydrogen-bond donors (Lipinski definition) is 2. The predicted octanol–water partition coefficient (Wildman–Crippen LogP) is 4.80. The molecule has 0 fully saturated rings. The standard InChI is InChI=1S/C17H13N3OS/c21-13-7-5-12(6-8-13)20(17-9-10-18-19-17)15-11-22-16-4-2-1-3-14(15)16/h1-11,21H,(H,18,19). The molecule has 4 aromatic rings. The topological polar surface area (TPSA) is 52.1 Å². The van der Waals surface area contributed by atoms with E-state index in [2.05, 4.69) is 32.6 Å². The second-order valence-corrected chi connectivity index (χ2v) is 5.82. The van der Waals surface area contributed by atoms with Gasteiger partial charge >= 0.3 is 0 Å². The molecule has 0 radical (unpaired) electrons. The Morgan fingerprint density at radius 3 is 2.59 bits per heavy atom. The van der Waals surface area contributed by atoms with Crippen LogP contribution in [0.25, 0.3) is 10.1 Å². The molecule has 0 saturated heterocycles. The van der Waals surface area contributed by atoms with Crippen molar-refractivity contribution in [3.05, 3.63) is 66.2 Å². The van der Waals surface area contributed by atoms with Crippen LogP contribution in [0.5, 0.6) is 5.75 Å². The van der Waals surface area contributed by atoms with Gasteiger partial charge in [0, 0.05) is 27.2 Å². The van der Waals surface area contributed by atoms with Gasteiger partial charge in [0.15, 0.2) is 0 Å². The number of aromatic amines is 1. The van der Waals surface area contributed by atoms with Gasteiger partial charge in [-0.3, -0.25) is 10.00 Å². The summed E-state index contributed by atoms with van der Waals surface area (Å²) in [6, 6.07) is 17.4. The number of nitrogens with zero attached hydrogens (tertiary/aromatic N) is 2. The van der Waals surface area contributed by atoms with Crippen molar-refractivity contribution >= 4 is 38.6 Å². The molecule has 0 aliphatic carbocycles. The van der Waals surface area contributed by atoms with Crippen molar-refractivity contribution in [3.63, 3.8) is 0 Å². The second kappa shape index (κ2) is 5.20. The molecule has 0 aliphatic rings. The minimum absolute atomic E-state index is 0.253. The van der Waals surface area contributed by atoms with Crippen LogP contribution < -0.4 is 4.90 Å². The molecule has 108 valence electrons. The first-order valence-electron chi connectivity index (χ1n) is 6.88. The van der Waals surface area contributed by atoms with Gasteiger partial charge in [0.25, 0.3) is 0 Å². The lowest BCUT2D eigenvalue weighted by Gasteiger charge is -2.22. The molecule has 0 atom stereocenters. The summed E-state index contributed by atoms with van der Waals surface area (Å²) in [6.45, 7) is 0. The molecule has 0 unspecified atom stereocenters. The lowest BCUT2D eigenvalue weighted by atomic mass is 10.2. The number of benzene rings is 2. The summed E-state index contributed by atoms with van der Waals surface area (Å²) in [6.07, 6.45) is 1.73. The van der Waals surface area contributed by atoms with Crippen LogP contribution in [0.1, 0.15) is 0 Å². The van der Waals surface area contributed by atoms with Gasteiger partial charge in [-0.25, -0.2) is 0 Å². The van der Waals surface area contributed by atoms with Crippen molar-refractivity contribution < 1.29 is 5.11 Å². The van der Waals surface area contributed by atoms with Gasteiger partial charge in [-0.05, 0) is 30.3 Å². The number of hydrogen-bond acceptors (Lipinski definition) is 4. The van der Waals surface area contributed by atoms with Gasteiger partial charge in [0.1, 0.15) is 11.6 Å². The summed E-state index contributed by atoms with van der Waals surface area (Å²) in [4.78, 5) is 2.10. The van der Waals surface area contributed by atoms with E-state index in [9.17, 15) is 5.11 Å². The maximum absolute atomic E-state index is 9.53. The second-order valence-electron chi connectivity index (χ2n) is 4.91. The van der Waals surface area contributed by atoms with Crippen LogP contribution in [0.15, 0.2) is 66.2 Å². The van der Waals surface area contributed by atoms with Gasteiger partial charge in [-0.15, -0.1) is 11.3 Å². The van der Waals surface area contributed by atoms with E-state index in [1.54, 1.807) is 29.7 Å². The largest absolute Gasteiger partial charge is 0.508 e. The van der Waals surface area contributed by atoms with Gasteiger partial charge in [-0.1, -0.05) is 18.2 Å². The van der Waals surface area contributed by atoms with Gasteiger partial charge < -0.3 is 5.11 Å². The number of aromatic hydroxyl groups is 1. The smallest absolute Gasteiger partial charge is 0.133 e. The molecule has 4 rings (SSSR count). The third kappa shape index (κ3) is 2.12. The summed E-state index contributed by atoms with van der Waals surface area (Å²) in [7, 11) is 0. The molecule has 0 spiro atoms. The fourth-order valence-corrected chi connectivity index (χ4v) is 3.45. The quantitative estimate of drug-likeness (QED) is 0.571. The number of rotatable bonds is 3. The van der Waals surface area contributed by atoms with E-state index in [4.69, 9.17) is 0 Å². The molecule has 0 aliphatic heterocycles. The zero-order valence-corrected chi connectivity index (χ0v) is 12.4. The Hall–Kier alpha value is -2.79. The number of fused-ring (bicyclic) bond motifs is 1. The minimum Gasteiger partial charge on any atom is -0.508 e. The molecule has 5 heteroatoms. The van der Waals surface area contributed by atoms with Crippen molar-refractivity contribution in [1.82, 2.24) is 10.2 Å². The molecule has 2 heterocycles. The summed E-state index contributed by atoms with van der Waals surface area (Å²) < 4.78 is 1.24. The van der Waals surface area contributed by atoms with Crippen LogP contribution in [-0.4, -0.2) is 15.3 Å². The van der Waals surface area contributed by atoms with Crippen LogP contribution in [0.3, 0.4) is 0 Å². The number of nitrogens with one attached hydrogen (secondary N) is 1. The normalized spacial score (nSPS) is 10.9. The van der Waals surface area contributed by atoms with Crippen molar-refractivity contribution in [2.24, 2.45) is 0 Å². The van der Waals surface area contributed by atoms with Crippen LogP contribution in [0, 0.1) is 0 Å². The number of aromatic nitrogens is 2. The van der Waals surface area contributed by atoms with E-state index in [1.165, 1.54) is 10.1 Å². The first kappa shape index (κ1) is 12.9. The van der Waals surface area contributed by atoms with Crippen molar-refractivity contribution in [3.8, 4) is 5.75 Å². The molecule has 4 nitrogen and oxygen atoms in total. The fourth-order valence-electron chi connectivity index (χ4n) is 2.52. The third-order valence-electron chi connectivity index (χ3n) is 3.54. The molecule has 0 amide bonds. The monoisotopic (exact) mass is 307 g/mol. The molecule has 0 bridgehead atoms. The maximum Gasteiger partial charge on any atom is 0.133 e. The van der Waals surface area contributed by atoms with E-state index in [0.717, 1.165) is 17.2 Å². The average Bonchev–Trinajstić information content (AvgIpc) is 3.20. The molecular weight excluding hydrogens is 294 g/mol. The lowest BCUT2D eigenvalue weighted by molar-refractivity contribution is 0.475. The first-order chi connectivity index (χ1) is 10.8. The highest BCUT2D eigenvalue weighted by Crippen LogP contribution is 2.41. The Labute approximate surface area is 131 Å². The van der Waals surface area contributed by atoms with E-state index in [0.29, 0.717) is 0 Å². The summed E-state index contributed by atoms with van der Waals surface area (Å²) in [5.74, 6) is 1.14. The van der Waals surface area contributed by atoms with E-state index in [1.807, 2.05) is 30.3 Å². The number of phenolic OH excluding ortho intramolecular Hbond substituents is 1. The highest BCUT2D eigenvalue weighted by Gasteiger charge is 2.17. The minimum atomic E-state index is 0.253. The number of H-pyrrole nitrogens is 1. The average molecular weight is 307 g/mol. The summed E-state index contributed by atoms with van der Waals surface area (Å²) in [5, 5.41) is 19.9. The van der Waals surface area contributed by atoms with Crippen molar-refractivity contribution in [2.75, 3.05) is 4.90 Å². The third-order valence-corrected chi connectivity index (χ3v) is 4.49. The van der Waals surface area contributed by atoms with Crippen LogP contribution in [0.2, 0.25) is 0 Å². The summed E-state index contributed by atoms with van der Waals surface area (Å²) in [5.41, 5.74) is 2.06. The molecule has 2 aromatic carbocycles. The van der Waals surface area contributed by atoms with Gasteiger partial charge in [0.2, 0.25) is 0 Å². The Morgan fingerprint density at radius 2 is 1.82 bits per heavy atom. The molecule has 2 aromatic heterocycles.